The fourth-order valence-corrected chi connectivity index (χ4v) is 2.95. The summed E-state index contributed by atoms with van der Waals surface area (Å²) in [5, 5.41) is 2.67. The third-order valence-corrected chi connectivity index (χ3v) is 4.62. The molecule has 2 unspecified atom stereocenters. The molecule has 6 nitrogen and oxygen atoms in total. The molecule has 2 atom stereocenters. The van der Waals surface area contributed by atoms with Gasteiger partial charge in [-0.25, -0.2) is 4.79 Å². The van der Waals surface area contributed by atoms with Crippen molar-refractivity contribution in [3.8, 4) is 11.5 Å². The fourth-order valence-electron chi connectivity index (χ4n) is 2.95. The summed E-state index contributed by atoms with van der Waals surface area (Å²) in [5.74, 6) is 1.08. The van der Waals surface area contributed by atoms with E-state index < -0.39 is 18.2 Å². The molecule has 1 saturated heterocycles. The zero-order valence-electron chi connectivity index (χ0n) is 15.3. The number of nitrogens with zero attached hydrogens (tertiary/aromatic N) is 2. The number of urea groups is 1. The van der Waals surface area contributed by atoms with Crippen LogP contribution in [0, 0.1) is 0 Å². The number of nitrogens with one attached hydrogen (secondary N) is 1. The van der Waals surface area contributed by atoms with Crippen LogP contribution in [-0.2, 0) is 6.54 Å². The number of likely N-dealkylation sites (N-methyl/N-ethyl adjacent to an activating group) is 1. The molecule has 146 valence electrons. The first kappa shape index (κ1) is 20.2. The van der Waals surface area contributed by atoms with Crippen LogP contribution in [0.5, 0.6) is 11.5 Å². The van der Waals surface area contributed by atoms with Crippen molar-refractivity contribution in [2.45, 2.75) is 31.7 Å². The molecule has 9 heteroatoms. The SMILES string of the molecule is COc1ccc(CNC(=O)N2CC(C)N(C)C(C(F)(F)F)C2)cc1OC. The average molecular weight is 375 g/mol. The van der Waals surface area contributed by atoms with Gasteiger partial charge >= 0.3 is 12.2 Å². The number of ether oxygens (including phenoxy) is 2. The molecular formula is C17H24F3N3O3. The minimum absolute atomic E-state index is 0.177. The third-order valence-electron chi connectivity index (χ3n) is 4.62. The number of halogens is 3. The molecule has 0 saturated carbocycles. The summed E-state index contributed by atoms with van der Waals surface area (Å²) >= 11 is 0. The highest BCUT2D eigenvalue weighted by Crippen LogP contribution is 2.29. The van der Waals surface area contributed by atoms with Crippen molar-refractivity contribution in [1.29, 1.82) is 0 Å². The van der Waals surface area contributed by atoms with E-state index in [4.69, 9.17) is 9.47 Å². The van der Waals surface area contributed by atoms with Gasteiger partial charge in [0.15, 0.2) is 11.5 Å². The molecule has 1 aliphatic heterocycles. The van der Waals surface area contributed by atoms with Crippen molar-refractivity contribution in [1.82, 2.24) is 15.1 Å². The Morgan fingerprint density at radius 2 is 1.88 bits per heavy atom. The average Bonchev–Trinajstić information content (AvgIpc) is 2.60. The molecule has 1 heterocycles. The first-order valence-electron chi connectivity index (χ1n) is 8.19. The Labute approximate surface area is 150 Å². The van der Waals surface area contributed by atoms with E-state index >= 15 is 0 Å². The van der Waals surface area contributed by atoms with E-state index in [-0.39, 0.29) is 25.7 Å². The lowest BCUT2D eigenvalue weighted by Gasteiger charge is -2.44. The van der Waals surface area contributed by atoms with Crippen molar-refractivity contribution in [2.75, 3.05) is 34.4 Å². The van der Waals surface area contributed by atoms with E-state index in [1.165, 1.54) is 31.1 Å². The van der Waals surface area contributed by atoms with E-state index in [9.17, 15) is 18.0 Å². The molecule has 0 radical (unpaired) electrons. The van der Waals surface area contributed by atoms with Crippen molar-refractivity contribution in [3.05, 3.63) is 23.8 Å². The van der Waals surface area contributed by atoms with Gasteiger partial charge in [-0.15, -0.1) is 0 Å². The van der Waals surface area contributed by atoms with Crippen LogP contribution in [0.1, 0.15) is 12.5 Å². The van der Waals surface area contributed by atoms with Gasteiger partial charge < -0.3 is 19.7 Å². The first-order chi connectivity index (χ1) is 12.2. The maximum Gasteiger partial charge on any atom is 0.405 e. The third kappa shape index (κ3) is 4.51. The van der Waals surface area contributed by atoms with Gasteiger partial charge in [0.1, 0.15) is 6.04 Å². The number of rotatable bonds is 4. The van der Waals surface area contributed by atoms with Crippen molar-refractivity contribution < 1.29 is 27.4 Å². The van der Waals surface area contributed by atoms with Gasteiger partial charge in [0, 0.05) is 25.7 Å². The summed E-state index contributed by atoms with van der Waals surface area (Å²) in [6, 6.07) is 2.60. The van der Waals surface area contributed by atoms with Crippen molar-refractivity contribution in [2.24, 2.45) is 0 Å². The van der Waals surface area contributed by atoms with Gasteiger partial charge in [0.2, 0.25) is 0 Å². The van der Waals surface area contributed by atoms with E-state index in [1.807, 2.05) is 0 Å². The van der Waals surface area contributed by atoms with Crippen LogP contribution in [0.2, 0.25) is 0 Å². The summed E-state index contributed by atoms with van der Waals surface area (Å²) in [4.78, 5) is 14.8. The molecule has 1 aromatic carbocycles. The predicted molar refractivity (Wildman–Crippen MR) is 90.4 cm³/mol. The Morgan fingerprint density at radius 1 is 1.23 bits per heavy atom. The van der Waals surface area contributed by atoms with Gasteiger partial charge in [-0.3, -0.25) is 4.90 Å². The van der Waals surface area contributed by atoms with Gasteiger partial charge in [0.25, 0.3) is 0 Å². The van der Waals surface area contributed by atoms with E-state index in [1.54, 1.807) is 25.1 Å². The lowest BCUT2D eigenvalue weighted by atomic mass is 10.1. The molecule has 1 fully saturated rings. The second-order valence-electron chi connectivity index (χ2n) is 6.32. The van der Waals surface area contributed by atoms with Crippen LogP contribution in [0.4, 0.5) is 18.0 Å². The molecule has 1 aliphatic rings. The highest BCUT2D eigenvalue weighted by atomic mass is 19.4. The maximum atomic E-state index is 13.2. The second kappa shape index (κ2) is 8.03. The minimum Gasteiger partial charge on any atom is -0.493 e. The number of methoxy groups -OCH3 is 2. The normalized spacial score (nSPS) is 21.4. The standard InChI is InChI=1S/C17H24F3N3O3/c1-11-9-23(10-15(22(11)2)17(18,19)20)16(24)21-8-12-5-6-13(25-3)14(7-12)26-4/h5-7,11,15H,8-10H2,1-4H3,(H,21,24). The number of carbonyl (C=O) groups is 1. The molecule has 2 rings (SSSR count). The van der Waals surface area contributed by atoms with E-state index in [0.29, 0.717) is 11.5 Å². The van der Waals surface area contributed by atoms with Gasteiger partial charge in [-0.2, -0.15) is 13.2 Å². The minimum atomic E-state index is -4.38. The Bertz CT molecular complexity index is 639. The van der Waals surface area contributed by atoms with E-state index in [2.05, 4.69) is 5.32 Å². The summed E-state index contributed by atoms with van der Waals surface area (Å²) in [6.45, 7) is 1.70. The Balaban J connectivity index is 2.01. The number of hydrogen-bond acceptors (Lipinski definition) is 4. The number of piperazine rings is 1. The largest absolute Gasteiger partial charge is 0.493 e. The van der Waals surface area contributed by atoms with Crippen LogP contribution in [0.25, 0.3) is 0 Å². The van der Waals surface area contributed by atoms with Crippen LogP contribution in [0.3, 0.4) is 0 Å². The number of hydrogen-bond donors (Lipinski definition) is 1. The summed E-state index contributed by atoms with van der Waals surface area (Å²) in [5.41, 5.74) is 0.755. The van der Waals surface area contributed by atoms with Crippen LogP contribution in [-0.4, -0.2) is 68.4 Å². The lowest BCUT2D eigenvalue weighted by Crippen LogP contribution is -2.63. The monoisotopic (exact) mass is 375 g/mol. The van der Waals surface area contributed by atoms with Crippen molar-refractivity contribution >= 4 is 6.03 Å². The summed E-state index contributed by atoms with van der Waals surface area (Å²) < 4.78 is 49.9. The fraction of sp³-hybridized carbons (Fsp3) is 0.588. The predicted octanol–water partition coefficient (Wildman–Crippen LogP) is 2.48. The highest BCUT2D eigenvalue weighted by molar-refractivity contribution is 5.74. The highest BCUT2D eigenvalue weighted by Gasteiger charge is 2.47. The Hall–Kier alpha value is -2.16. The molecule has 1 N–H and O–H groups in total. The van der Waals surface area contributed by atoms with Gasteiger partial charge in [-0.05, 0) is 31.7 Å². The van der Waals surface area contributed by atoms with Crippen LogP contribution < -0.4 is 14.8 Å². The second-order valence-corrected chi connectivity index (χ2v) is 6.32. The molecule has 0 aromatic heterocycles. The molecular weight excluding hydrogens is 351 g/mol. The maximum absolute atomic E-state index is 13.2. The smallest absolute Gasteiger partial charge is 0.405 e. The molecule has 0 spiro atoms. The zero-order valence-corrected chi connectivity index (χ0v) is 15.3. The molecule has 2 amide bonds. The first-order valence-corrected chi connectivity index (χ1v) is 8.19. The van der Waals surface area contributed by atoms with Gasteiger partial charge in [0.05, 0.1) is 14.2 Å². The topological polar surface area (TPSA) is 54.0 Å². The number of amides is 2. The number of carbonyl (C=O) groups excluding carboxylic acids is 1. The van der Waals surface area contributed by atoms with Gasteiger partial charge in [-0.1, -0.05) is 6.07 Å². The molecule has 26 heavy (non-hydrogen) atoms. The number of alkyl halides is 3. The summed E-state index contributed by atoms with van der Waals surface area (Å²) in [7, 11) is 4.45. The summed E-state index contributed by atoms with van der Waals surface area (Å²) in [6.07, 6.45) is -4.38. The van der Waals surface area contributed by atoms with Crippen LogP contribution >= 0.6 is 0 Å². The van der Waals surface area contributed by atoms with Crippen LogP contribution in [0.15, 0.2) is 18.2 Å². The molecule has 0 aliphatic carbocycles. The Kier molecular flexibility index (Phi) is 6.22. The quantitative estimate of drug-likeness (QED) is 0.879. The lowest BCUT2D eigenvalue weighted by molar-refractivity contribution is -0.196. The molecule has 0 bridgehead atoms. The van der Waals surface area contributed by atoms with Crippen molar-refractivity contribution in [3.63, 3.8) is 0 Å². The Morgan fingerprint density at radius 3 is 2.46 bits per heavy atom. The van der Waals surface area contributed by atoms with E-state index in [0.717, 1.165) is 5.56 Å². The number of benzene rings is 1. The molecule has 1 aromatic rings. The zero-order chi connectivity index (χ0) is 19.5.